The van der Waals surface area contributed by atoms with Gasteiger partial charge in [-0.15, -0.1) is 0 Å². The van der Waals surface area contributed by atoms with Crippen LogP contribution in [0.15, 0.2) is 54.6 Å². The molecule has 1 atom stereocenters. The van der Waals surface area contributed by atoms with Crippen LogP contribution in [-0.2, 0) is 13.0 Å². The molecule has 2 aromatic carbocycles. The van der Waals surface area contributed by atoms with Crippen LogP contribution >= 0.6 is 0 Å². The Morgan fingerprint density at radius 1 is 1.11 bits per heavy atom. The summed E-state index contributed by atoms with van der Waals surface area (Å²) in [5.41, 5.74) is 10.0. The van der Waals surface area contributed by atoms with E-state index in [1.807, 2.05) is 30.3 Å². The van der Waals surface area contributed by atoms with Crippen molar-refractivity contribution in [3.05, 3.63) is 77.0 Å². The molecular formula is C22H23N5O. The first-order valence-corrected chi connectivity index (χ1v) is 9.44. The highest BCUT2D eigenvalue weighted by atomic mass is 16.1. The Labute approximate surface area is 164 Å². The average Bonchev–Trinajstić information content (AvgIpc) is 2.74. The Morgan fingerprint density at radius 2 is 1.86 bits per heavy atom. The van der Waals surface area contributed by atoms with Gasteiger partial charge in [0.1, 0.15) is 5.82 Å². The van der Waals surface area contributed by atoms with Crippen molar-refractivity contribution in [3.63, 3.8) is 0 Å². The van der Waals surface area contributed by atoms with Gasteiger partial charge in [-0.25, -0.2) is 9.97 Å². The normalized spacial score (nSPS) is 14.2. The summed E-state index contributed by atoms with van der Waals surface area (Å²) < 4.78 is 0. The Balaban J connectivity index is 1.71. The Hall–Kier alpha value is -3.25. The van der Waals surface area contributed by atoms with E-state index in [4.69, 9.17) is 15.7 Å². The van der Waals surface area contributed by atoms with E-state index in [0.717, 1.165) is 36.6 Å². The molecule has 0 fully saturated rings. The van der Waals surface area contributed by atoms with Crippen molar-refractivity contribution in [2.75, 3.05) is 11.9 Å². The summed E-state index contributed by atoms with van der Waals surface area (Å²) in [4.78, 5) is 20.9. The summed E-state index contributed by atoms with van der Waals surface area (Å²) in [6, 6.07) is 17.5. The lowest BCUT2D eigenvalue weighted by molar-refractivity contribution is 0.100. The third-order valence-electron chi connectivity index (χ3n) is 5.02. The van der Waals surface area contributed by atoms with E-state index in [1.165, 1.54) is 11.1 Å². The minimum absolute atomic E-state index is 0.125. The smallest absolute Gasteiger partial charge is 0.248 e. The molecule has 142 valence electrons. The van der Waals surface area contributed by atoms with Gasteiger partial charge in [-0.1, -0.05) is 42.5 Å². The van der Waals surface area contributed by atoms with Crippen LogP contribution in [0.4, 0.5) is 5.82 Å². The van der Waals surface area contributed by atoms with Crippen molar-refractivity contribution in [2.45, 2.75) is 25.9 Å². The summed E-state index contributed by atoms with van der Waals surface area (Å²) in [6.07, 6.45) is 0.889. The largest absolute Gasteiger partial charge is 0.366 e. The molecule has 6 nitrogen and oxygen atoms in total. The molecule has 4 rings (SSSR count). The summed E-state index contributed by atoms with van der Waals surface area (Å²) in [6.45, 7) is 3.77. The van der Waals surface area contributed by atoms with E-state index in [9.17, 15) is 4.79 Å². The first-order valence-electron chi connectivity index (χ1n) is 9.44. The van der Waals surface area contributed by atoms with E-state index in [-0.39, 0.29) is 6.04 Å². The van der Waals surface area contributed by atoms with E-state index < -0.39 is 5.91 Å². The topological polar surface area (TPSA) is 92.9 Å². The predicted octanol–water partition coefficient (Wildman–Crippen LogP) is 3.06. The number of benzene rings is 2. The number of carbonyl (C=O) groups is 1. The number of fused-ring (bicyclic) bond motifs is 1. The first-order chi connectivity index (χ1) is 13.6. The number of rotatable bonds is 5. The second kappa shape index (κ2) is 7.78. The predicted molar refractivity (Wildman–Crippen MR) is 110 cm³/mol. The van der Waals surface area contributed by atoms with Gasteiger partial charge in [0.05, 0.1) is 5.69 Å². The second-order valence-electron chi connectivity index (χ2n) is 6.97. The number of hydrogen-bond acceptors (Lipinski definition) is 5. The van der Waals surface area contributed by atoms with Crippen LogP contribution in [0.3, 0.4) is 0 Å². The van der Waals surface area contributed by atoms with Crippen LogP contribution in [0, 0.1) is 0 Å². The first kappa shape index (κ1) is 18.1. The molecule has 0 spiro atoms. The number of amides is 1. The van der Waals surface area contributed by atoms with Crippen LogP contribution in [-0.4, -0.2) is 22.4 Å². The maximum absolute atomic E-state index is 11.3. The average molecular weight is 373 g/mol. The van der Waals surface area contributed by atoms with Crippen molar-refractivity contribution in [1.82, 2.24) is 15.3 Å². The molecule has 0 unspecified atom stereocenters. The highest BCUT2D eigenvalue weighted by molar-refractivity contribution is 5.93. The van der Waals surface area contributed by atoms with Crippen molar-refractivity contribution < 1.29 is 4.79 Å². The van der Waals surface area contributed by atoms with Crippen LogP contribution in [0.25, 0.3) is 11.4 Å². The lowest BCUT2D eigenvalue weighted by Gasteiger charge is -2.23. The number of aromatic nitrogens is 2. The third-order valence-corrected chi connectivity index (χ3v) is 5.02. The number of hydrogen-bond donors (Lipinski definition) is 3. The molecule has 1 amide bonds. The summed E-state index contributed by atoms with van der Waals surface area (Å²) >= 11 is 0. The standard InChI is InChI=1S/C22H23N5O/c1-14(15-5-3-2-4-6-15)25-22-18-11-12-24-13-19(18)26-21(27-22)17-9-7-16(8-10-17)20(23)28/h2-10,14,24H,11-13H2,1H3,(H2,23,28)(H,25,26,27)/t14-/m1/s1. The molecule has 3 aromatic rings. The lowest BCUT2D eigenvalue weighted by Crippen LogP contribution is -2.27. The van der Waals surface area contributed by atoms with Crippen molar-refractivity contribution in [2.24, 2.45) is 5.73 Å². The SMILES string of the molecule is C[C@@H](Nc1nc(-c2ccc(C(N)=O)cc2)nc2c1CCNC2)c1ccccc1. The molecular weight excluding hydrogens is 350 g/mol. The van der Waals surface area contributed by atoms with Crippen LogP contribution in [0.1, 0.15) is 40.1 Å². The van der Waals surface area contributed by atoms with Crippen molar-refractivity contribution >= 4 is 11.7 Å². The highest BCUT2D eigenvalue weighted by Crippen LogP contribution is 2.28. The van der Waals surface area contributed by atoms with Crippen molar-refractivity contribution in [1.29, 1.82) is 0 Å². The number of nitrogens with zero attached hydrogens (tertiary/aromatic N) is 2. The fourth-order valence-electron chi connectivity index (χ4n) is 3.42. The summed E-state index contributed by atoms with van der Waals surface area (Å²) in [5, 5.41) is 6.95. The lowest BCUT2D eigenvalue weighted by atomic mass is 10.0. The quantitative estimate of drug-likeness (QED) is 0.639. The molecule has 2 heterocycles. The highest BCUT2D eigenvalue weighted by Gasteiger charge is 2.20. The molecule has 4 N–H and O–H groups in total. The molecule has 1 aromatic heterocycles. The number of nitrogens with one attached hydrogen (secondary N) is 2. The molecule has 0 aliphatic carbocycles. The number of anilines is 1. The van der Waals surface area contributed by atoms with Gasteiger partial charge < -0.3 is 16.4 Å². The number of carbonyl (C=O) groups excluding carboxylic acids is 1. The molecule has 0 saturated carbocycles. The maximum Gasteiger partial charge on any atom is 0.248 e. The second-order valence-corrected chi connectivity index (χ2v) is 6.97. The number of primary amides is 1. The van der Waals surface area contributed by atoms with Crippen LogP contribution in [0.2, 0.25) is 0 Å². The van der Waals surface area contributed by atoms with Gasteiger partial charge in [0.15, 0.2) is 5.82 Å². The molecule has 1 aliphatic rings. The molecule has 0 radical (unpaired) electrons. The Bertz CT molecular complexity index is 986. The summed E-state index contributed by atoms with van der Waals surface area (Å²) in [7, 11) is 0. The maximum atomic E-state index is 11.3. The van der Waals surface area contributed by atoms with Gasteiger partial charge in [0, 0.05) is 29.3 Å². The fourth-order valence-corrected chi connectivity index (χ4v) is 3.42. The van der Waals surface area contributed by atoms with Gasteiger partial charge in [-0.2, -0.15) is 0 Å². The fraction of sp³-hybridized carbons (Fsp3) is 0.227. The zero-order chi connectivity index (χ0) is 19.5. The molecule has 0 bridgehead atoms. The van der Waals surface area contributed by atoms with Crippen LogP contribution in [0.5, 0.6) is 0 Å². The minimum atomic E-state index is -0.443. The Morgan fingerprint density at radius 3 is 2.57 bits per heavy atom. The van der Waals surface area contributed by atoms with E-state index in [1.54, 1.807) is 12.1 Å². The van der Waals surface area contributed by atoms with Crippen LogP contribution < -0.4 is 16.4 Å². The Kier molecular flexibility index (Phi) is 5.04. The molecule has 0 saturated heterocycles. The third kappa shape index (κ3) is 3.73. The zero-order valence-electron chi connectivity index (χ0n) is 15.8. The number of nitrogens with two attached hydrogens (primary N) is 1. The molecule has 1 aliphatic heterocycles. The zero-order valence-corrected chi connectivity index (χ0v) is 15.8. The van der Waals surface area contributed by atoms with E-state index >= 15 is 0 Å². The van der Waals surface area contributed by atoms with Gasteiger partial charge in [-0.05, 0) is 37.6 Å². The van der Waals surface area contributed by atoms with E-state index in [2.05, 4.69) is 29.7 Å². The van der Waals surface area contributed by atoms with Gasteiger partial charge >= 0.3 is 0 Å². The van der Waals surface area contributed by atoms with Gasteiger partial charge in [0.2, 0.25) is 5.91 Å². The van der Waals surface area contributed by atoms with E-state index in [0.29, 0.717) is 11.4 Å². The monoisotopic (exact) mass is 373 g/mol. The van der Waals surface area contributed by atoms with Gasteiger partial charge in [-0.3, -0.25) is 4.79 Å². The minimum Gasteiger partial charge on any atom is -0.366 e. The summed E-state index contributed by atoms with van der Waals surface area (Å²) in [5.74, 6) is 1.07. The van der Waals surface area contributed by atoms with Gasteiger partial charge in [0.25, 0.3) is 0 Å². The van der Waals surface area contributed by atoms with Crippen molar-refractivity contribution in [3.8, 4) is 11.4 Å². The molecule has 28 heavy (non-hydrogen) atoms. The molecule has 6 heteroatoms.